The molecule has 0 bridgehead atoms. The minimum absolute atomic E-state index is 0.251. The fraction of sp³-hybridized carbons (Fsp3) is 0.429. The van der Waals surface area contributed by atoms with Gasteiger partial charge in [-0.25, -0.2) is 4.79 Å². The Bertz CT molecular complexity index is 534. The molecule has 0 aromatic heterocycles. The number of ether oxygens (including phenoxy) is 1. The highest BCUT2D eigenvalue weighted by atomic mass is 79.9. The molecule has 1 saturated heterocycles. The lowest BCUT2D eigenvalue weighted by molar-refractivity contribution is 0.105. The lowest BCUT2D eigenvalue weighted by Crippen LogP contribution is -2.49. The van der Waals surface area contributed by atoms with E-state index in [0.717, 1.165) is 23.2 Å². The first kappa shape index (κ1) is 14.7. The summed E-state index contributed by atoms with van der Waals surface area (Å²) in [6.45, 7) is 4.94. The van der Waals surface area contributed by atoms with Crippen LogP contribution in [0.15, 0.2) is 22.7 Å². The summed E-state index contributed by atoms with van der Waals surface area (Å²) in [6.07, 6.45) is -0.251. The number of halogens is 1. The number of piperazine rings is 1. The Balaban J connectivity index is 2.02. The average molecular weight is 338 g/mol. The van der Waals surface area contributed by atoms with Crippen molar-refractivity contribution in [2.75, 3.05) is 37.7 Å². The molecule has 1 aromatic carbocycles. The molecule has 20 heavy (non-hydrogen) atoms. The second-order valence-electron chi connectivity index (χ2n) is 4.48. The third-order valence-electron chi connectivity index (χ3n) is 3.18. The summed E-state index contributed by atoms with van der Waals surface area (Å²) in [4.78, 5) is 15.5. The van der Waals surface area contributed by atoms with Gasteiger partial charge in [0.05, 0.1) is 18.2 Å². The molecule has 0 unspecified atom stereocenters. The standard InChI is InChI=1S/C14H16BrN3O2/c1-2-20-14(19)18-5-3-17(4-6-18)13-8-11(10-16)7-12(15)9-13/h7-9H,2-6H2,1H3. The summed E-state index contributed by atoms with van der Waals surface area (Å²) >= 11 is 3.41. The van der Waals surface area contributed by atoms with Gasteiger partial charge in [-0.1, -0.05) is 15.9 Å². The van der Waals surface area contributed by atoms with Gasteiger partial charge in [-0.2, -0.15) is 5.26 Å². The maximum absolute atomic E-state index is 11.6. The highest BCUT2D eigenvalue weighted by Crippen LogP contribution is 2.23. The average Bonchev–Trinajstić information content (AvgIpc) is 2.47. The van der Waals surface area contributed by atoms with Crippen LogP contribution < -0.4 is 4.90 Å². The monoisotopic (exact) mass is 337 g/mol. The summed E-state index contributed by atoms with van der Waals surface area (Å²) in [5.74, 6) is 0. The number of nitriles is 1. The van der Waals surface area contributed by atoms with Crippen molar-refractivity contribution in [3.63, 3.8) is 0 Å². The SMILES string of the molecule is CCOC(=O)N1CCN(c2cc(Br)cc(C#N)c2)CC1. The van der Waals surface area contributed by atoms with Crippen LogP contribution in [-0.4, -0.2) is 43.8 Å². The van der Waals surface area contributed by atoms with Gasteiger partial charge in [-0.3, -0.25) is 0 Å². The molecule has 6 heteroatoms. The molecule has 0 aliphatic carbocycles. The van der Waals surface area contributed by atoms with E-state index in [0.29, 0.717) is 25.3 Å². The van der Waals surface area contributed by atoms with Crippen LogP contribution in [0, 0.1) is 11.3 Å². The largest absolute Gasteiger partial charge is 0.450 e. The van der Waals surface area contributed by atoms with Crippen molar-refractivity contribution in [2.45, 2.75) is 6.92 Å². The molecule has 2 rings (SSSR count). The Morgan fingerprint density at radius 2 is 2.05 bits per heavy atom. The van der Waals surface area contributed by atoms with E-state index in [4.69, 9.17) is 10.00 Å². The van der Waals surface area contributed by atoms with Crippen LogP contribution in [-0.2, 0) is 4.74 Å². The van der Waals surface area contributed by atoms with E-state index in [1.165, 1.54) is 0 Å². The number of rotatable bonds is 2. The molecule has 1 fully saturated rings. The van der Waals surface area contributed by atoms with E-state index in [9.17, 15) is 4.79 Å². The molecule has 1 amide bonds. The number of hydrogen-bond acceptors (Lipinski definition) is 4. The summed E-state index contributed by atoms with van der Waals surface area (Å²) in [5, 5.41) is 9.00. The quantitative estimate of drug-likeness (QED) is 0.832. The maximum atomic E-state index is 11.6. The van der Waals surface area contributed by atoms with Crippen LogP contribution in [0.2, 0.25) is 0 Å². The van der Waals surface area contributed by atoms with Gasteiger partial charge in [0.25, 0.3) is 0 Å². The van der Waals surface area contributed by atoms with Crippen molar-refractivity contribution in [3.8, 4) is 6.07 Å². The number of carbonyl (C=O) groups is 1. The normalized spacial score (nSPS) is 14.8. The second-order valence-corrected chi connectivity index (χ2v) is 5.40. The molecule has 0 atom stereocenters. The Morgan fingerprint density at radius 3 is 2.65 bits per heavy atom. The van der Waals surface area contributed by atoms with Crippen LogP contribution in [0.3, 0.4) is 0 Å². The van der Waals surface area contributed by atoms with Gasteiger partial charge in [-0.05, 0) is 25.1 Å². The molecule has 1 aromatic rings. The zero-order chi connectivity index (χ0) is 14.5. The predicted molar refractivity (Wildman–Crippen MR) is 79.7 cm³/mol. The van der Waals surface area contributed by atoms with Crippen molar-refractivity contribution in [1.29, 1.82) is 5.26 Å². The first-order chi connectivity index (χ1) is 9.63. The number of amides is 1. The van der Waals surface area contributed by atoms with E-state index in [1.54, 1.807) is 17.9 Å². The lowest BCUT2D eigenvalue weighted by Gasteiger charge is -2.35. The van der Waals surface area contributed by atoms with Crippen molar-refractivity contribution in [1.82, 2.24) is 4.90 Å². The third-order valence-corrected chi connectivity index (χ3v) is 3.64. The van der Waals surface area contributed by atoms with Gasteiger partial charge in [0.1, 0.15) is 0 Å². The Labute approximate surface area is 126 Å². The Hall–Kier alpha value is -1.74. The molecule has 0 radical (unpaired) electrons. The molecule has 0 saturated carbocycles. The van der Waals surface area contributed by atoms with Crippen molar-refractivity contribution in [2.24, 2.45) is 0 Å². The molecule has 0 spiro atoms. The van der Waals surface area contributed by atoms with Crippen LogP contribution in [0.5, 0.6) is 0 Å². The van der Waals surface area contributed by atoms with Crippen LogP contribution in [0.4, 0.5) is 10.5 Å². The number of hydrogen-bond donors (Lipinski definition) is 0. The third kappa shape index (κ3) is 3.42. The number of carbonyl (C=O) groups excluding carboxylic acids is 1. The molecule has 106 valence electrons. The van der Waals surface area contributed by atoms with E-state index in [1.807, 2.05) is 12.1 Å². The Morgan fingerprint density at radius 1 is 1.35 bits per heavy atom. The van der Waals surface area contributed by atoms with Gasteiger partial charge in [0.2, 0.25) is 0 Å². The first-order valence-electron chi connectivity index (χ1n) is 6.51. The van der Waals surface area contributed by atoms with Crippen LogP contribution >= 0.6 is 15.9 Å². The van der Waals surface area contributed by atoms with Gasteiger partial charge in [-0.15, -0.1) is 0 Å². The summed E-state index contributed by atoms with van der Waals surface area (Å²) < 4.78 is 5.88. The highest BCUT2D eigenvalue weighted by Gasteiger charge is 2.22. The number of benzene rings is 1. The zero-order valence-electron chi connectivity index (χ0n) is 11.3. The highest BCUT2D eigenvalue weighted by molar-refractivity contribution is 9.10. The predicted octanol–water partition coefficient (Wildman–Crippen LogP) is 2.60. The zero-order valence-corrected chi connectivity index (χ0v) is 12.9. The van der Waals surface area contributed by atoms with Gasteiger partial charge < -0.3 is 14.5 Å². The van der Waals surface area contributed by atoms with Crippen LogP contribution in [0.25, 0.3) is 0 Å². The summed E-state index contributed by atoms with van der Waals surface area (Å²) in [7, 11) is 0. The van der Waals surface area contributed by atoms with Crippen molar-refractivity contribution >= 4 is 27.7 Å². The molecule has 5 nitrogen and oxygen atoms in total. The van der Waals surface area contributed by atoms with Gasteiger partial charge in [0, 0.05) is 36.3 Å². The minimum atomic E-state index is -0.251. The fourth-order valence-corrected chi connectivity index (χ4v) is 2.66. The molecule has 1 aliphatic rings. The van der Waals surface area contributed by atoms with Crippen LogP contribution in [0.1, 0.15) is 12.5 Å². The van der Waals surface area contributed by atoms with E-state index in [2.05, 4.69) is 26.9 Å². The molecular formula is C14H16BrN3O2. The van der Waals surface area contributed by atoms with Crippen molar-refractivity contribution < 1.29 is 9.53 Å². The number of anilines is 1. The van der Waals surface area contributed by atoms with E-state index >= 15 is 0 Å². The lowest BCUT2D eigenvalue weighted by atomic mass is 10.2. The first-order valence-corrected chi connectivity index (χ1v) is 7.30. The van der Waals surface area contributed by atoms with Gasteiger partial charge >= 0.3 is 6.09 Å². The van der Waals surface area contributed by atoms with E-state index < -0.39 is 0 Å². The molecule has 1 aliphatic heterocycles. The Kier molecular flexibility index (Phi) is 4.85. The van der Waals surface area contributed by atoms with Crippen molar-refractivity contribution in [3.05, 3.63) is 28.2 Å². The van der Waals surface area contributed by atoms with E-state index in [-0.39, 0.29) is 6.09 Å². The minimum Gasteiger partial charge on any atom is -0.450 e. The summed E-state index contributed by atoms with van der Waals surface area (Å²) in [6, 6.07) is 7.79. The topological polar surface area (TPSA) is 56.6 Å². The smallest absolute Gasteiger partial charge is 0.409 e. The maximum Gasteiger partial charge on any atom is 0.409 e. The molecular weight excluding hydrogens is 322 g/mol. The fourth-order valence-electron chi connectivity index (χ4n) is 2.18. The van der Waals surface area contributed by atoms with Gasteiger partial charge in [0.15, 0.2) is 0 Å². The number of nitrogens with zero attached hydrogens (tertiary/aromatic N) is 3. The molecule has 0 N–H and O–H groups in total. The summed E-state index contributed by atoms with van der Waals surface area (Å²) in [5.41, 5.74) is 1.63. The molecule has 1 heterocycles. The second kappa shape index (κ2) is 6.62.